The molecule has 0 spiro atoms. The van der Waals surface area contributed by atoms with Gasteiger partial charge in [-0.3, -0.25) is 34.3 Å². The zero-order valence-electron chi connectivity index (χ0n) is 28.1. The average molecular weight is 746 g/mol. The van der Waals surface area contributed by atoms with Crippen LogP contribution in [0.25, 0.3) is 16.3 Å². The van der Waals surface area contributed by atoms with E-state index in [1.165, 1.54) is 45.8 Å². The van der Waals surface area contributed by atoms with Gasteiger partial charge in [0.1, 0.15) is 0 Å². The number of aliphatic imine (C=N–C) groups is 1. The molecule has 0 bridgehead atoms. The third kappa shape index (κ3) is 6.44. The van der Waals surface area contributed by atoms with Crippen LogP contribution in [0, 0.1) is 35.8 Å². The molecule has 4 aromatic carbocycles. The van der Waals surface area contributed by atoms with Crippen molar-refractivity contribution in [1.29, 1.82) is 0 Å². The van der Waals surface area contributed by atoms with E-state index in [9.17, 15) is 24.5 Å². The number of thioether (sulfide) groups is 1. The van der Waals surface area contributed by atoms with Gasteiger partial charge >= 0.3 is 0 Å². The topological polar surface area (TPSA) is 126 Å². The van der Waals surface area contributed by atoms with Crippen LogP contribution < -0.4 is 9.80 Å². The Balaban J connectivity index is 1.07. The number of nitro groups is 1. The summed E-state index contributed by atoms with van der Waals surface area (Å²) >= 11 is 3.74. The lowest BCUT2D eigenvalue weighted by atomic mass is 9.81. The molecule has 5 aromatic rings. The number of carbonyl (C=O) groups is 3. The molecule has 10 nitrogen and oxygen atoms in total. The number of thiazole rings is 1. The van der Waals surface area contributed by atoms with Crippen molar-refractivity contribution in [2.24, 2.45) is 16.8 Å². The van der Waals surface area contributed by atoms with Crippen molar-refractivity contribution in [3.05, 3.63) is 117 Å². The zero-order valence-corrected chi connectivity index (χ0v) is 30.6. The van der Waals surface area contributed by atoms with E-state index in [0.717, 1.165) is 41.5 Å². The molecule has 2 aliphatic heterocycles. The summed E-state index contributed by atoms with van der Waals surface area (Å²) in [7, 11) is 0. The molecule has 3 amide bonds. The highest BCUT2D eigenvalue weighted by atomic mass is 32.2. The fourth-order valence-corrected chi connectivity index (χ4v) is 9.93. The number of amides is 3. The number of imide groups is 1. The number of benzene rings is 4. The fraction of sp³-hybridized carbons (Fsp3) is 0.205. The van der Waals surface area contributed by atoms with Crippen molar-refractivity contribution >= 4 is 96.8 Å². The largest absolute Gasteiger partial charge is 0.283 e. The van der Waals surface area contributed by atoms with E-state index in [4.69, 9.17) is 4.99 Å². The number of hydrogen-bond acceptors (Lipinski definition) is 10. The molecule has 0 radical (unpaired) electrons. The van der Waals surface area contributed by atoms with Crippen molar-refractivity contribution in [2.75, 3.05) is 9.80 Å². The van der Waals surface area contributed by atoms with Gasteiger partial charge in [0, 0.05) is 6.07 Å². The van der Waals surface area contributed by atoms with Crippen molar-refractivity contribution in [3.63, 3.8) is 0 Å². The Hall–Kier alpha value is -5.11. The molecule has 2 saturated heterocycles. The van der Waals surface area contributed by atoms with Crippen LogP contribution in [-0.4, -0.2) is 32.8 Å². The van der Waals surface area contributed by atoms with E-state index in [-0.39, 0.29) is 35.2 Å². The SMILES string of the molecule is Cc1ccc(N=C2S/C(=C\c3ccc(Sc4nc5ccc(N6C(=O)[C@@H]7CCCC[C@H]7C6=O)cc5s4)c([N+](=O)[O-])c3)C(=O)N2c2ccc(C)cc2)cc1. The molecular weight excluding hydrogens is 715 g/mol. The summed E-state index contributed by atoms with van der Waals surface area (Å²) in [5.74, 6) is -1.01. The molecule has 1 saturated carbocycles. The number of amidine groups is 1. The number of nitro benzene ring substituents is 1. The lowest BCUT2D eigenvalue weighted by molar-refractivity contribution is -0.387. The molecule has 1 aromatic heterocycles. The number of aryl methyl sites for hydroxylation is 2. The van der Waals surface area contributed by atoms with Crippen LogP contribution in [0.2, 0.25) is 0 Å². The number of fused-ring (bicyclic) bond motifs is 2. The second kappa shape index (κ2) is 13.8. The normalized spacial score (nSPS) is 20.5. The summed E-state index contributed by atoms with van der Waals surface area (Å²) in [6.45, 7) is 3.97. The number of rotatable bonds is 7. The van der Waals surface area contributed by atoms with Gasteiger partial charge in [-0.2, -0.15) is 0 Å². The summed E-state index contributed by atoms with van der Waals surface area (Å²) in [6, 6.07) is 25.5. The third-order valence-corrected chi connectivity index (χ3v) is 12.6. The molecule has 13 heteroatoms. The number of anilines is 2. The Morgan fingerprint density at radius 1 is 0.846 bits per heavy atom. The van der Waals surface area contributed by atoms with Crippen LogP contribution in [0.3, 0.4) is 0 Å². The first-order valence-corrected chi connectivity index (χ1v) is 19.3. The standard InChI is InChI=1S/C39H31N5O5S3/c1-22-7-12-25(13-8-22)40-38-43(26-14-9-23(2)10-15-26)37(47)34(50-38)20-24-11-18-32(31(19-24)44(48)49)51-39-41-30-17-16-27(21-33(30)52-39)42-35(45)28-5-3-4-6-29(28)36(42)46/h7-21,28-29H,3-6H2,1-2H3/b34-20-,40-38?/t28-,29-/m1/s1. The maximum Gasteiger partial charge on any atom is 0.283 e. The Bertz CT molecular complexity index is 2330. The van der Waals surface area contributed by atoms with E-state index < -0.39 is 4.92 Å². The molecule has 2 atom stereocenters. The first kappa shape index (κ1) is 34.0. The third-order valence-electron chi connectivity index (χ3n) is 9.48. The first-order valence-electron chi connectivity index (χ1n) is 16.8. The summed E-state index contributed by atoms with van der Waals surface area (Å²) in [5, 5.41) is 12.8. The zero-order chi connectivity index (χ0) is 36.1. The van der Waals surface area contributed by atoms with Gasteiger partial charge in [0.2, 0.25) is 11.8 Å². The Labute approximate surface area is 311 Å². The van der Waals surface area contributed by atoms with E-state index in [0.29, 0.717) is 47.5 Å². The minimum Gasteiger partial charge on any atom is -0.274 e. The van der Waals surface area contributed by atoms with Gasteiger partial charge in [0.15, 0.2) is 9.51 Å². The highest BCUT2D eigenvalue weighted by Gasteiger charge is 2.48. The minimum atomic E-state index is -0.438. The molecule has 260 valence electrons. The molecule has 1 aliphatic carbocycles. The smallest absolute Gasteiger partial charge is 0.274 e. The molecule has 3 fully saturated rings. The monoisotopic (exact) mass is 745 g/mol. The maximum atomic E-state index is 13.8. The van der Waals surface area contributed by atoms with Crippen molar-refractivity contribution in [2.45, 2.75) is 48.8 Å². The van der Waals surface area contributed by atoms with Crippen LogP contribution >= 0.6 is 34.9 Å². The van der Waals surface area contributed by atoms with Gasteiger partial charge in [-0.05, 0) is 98.6 Å². The quantitative estimate of drug-likeness (QED) is 0.0698. The van der Waals surface area contributed by atoms with Crippen molar-refractivity contribution in [1.82, 2.24) is 4.98 Å². The minimum absolute atomic E-state index is 0.116. The highest BCUT2D eigenvalue weighted by Crippen LogP contribution is 2.44. The van der Waals surface area contributed by atoms with E-state index in [1.54, 1.807) is 41.3 Å². The molecule has 3 aliphatic rings. The number of nitrogens with zero attached hydrogens (tertiary/aromatic N) is 5. The molecule has 8 rings (SSSR count). The Kier molecular flexibility index (Phi) is 9.02. The lowest BCUT2D eigenvalue weighted by Gasteiger charge is -2.19. The van der Waals surface area contributed by atoms with Gasteiger partial charge in [-0.15, -0.1) is 11.3 Å². The summed E-state index contributed by atoms with van der Waals surface area (Å²) in [4.78, 5) is 65.2. The van der Waals surface area contributed by atoms with Gasteiger partial charge < -0.3 is 0 Å². The Morgan fingerprint density at radius 3 is 2.17 bits per heavy atom. The highest BCUT2D eigenvalue weighted by molar-refractivity contribution is 8.19. The van der Waals surface area contributed by atoms with Crippen molar-refractivity contribution < 1.29 is 19.3 Å². The summed E-state index contributed by atoms with van der Waals surface area (Å²) in [6.07, 6.45) is 5.06. The summed E-state index contributed by atoms with van der Waals surface area (Å²) < 4.78 is 1.36. The maximum absolute atomic E-state index is 13.8. The molecule has 3 heterocycles. The second-order valence-corrected chi connectivity index (χ2v) is 16.4. The first-order chi connectivity index (χ1) is 25.1. The van der Waals surface area contributed by atoms with Crippen molar-refractivity contribution in [3.8, 4) is 0 Å². The molecule has 52 heavy (non-hydrogen) atoms. The van der Waals surface area contributed by atoms with Crippen LogP contribution in [0.15, 0.2) is 104 Å². The van der Waals surface area contributed by atoms with E-state index >= 15 is 0 Å². The molecule has 0 N–H and O–H groups in total. The number of aromatic nitrogens is 1. The predicted molar refractivity (Wildman–Crippen MR) is 207 cm³/mol. The van der Waals surface area contributed by atoms with Gasteiger partial charge in [0.25, 0.3) is 11.6 Å². The van der Waals surface area contributed by atoms with Crippen LogP contribution in [0.5, 0.6) is 0 Å². The van der Waals surface area contributed by atoms with E-state index in [1.807, 2.05) is 62.4 Å². The van der Waals surface area contributed by atoms with Crippen LogP contribution in [-0.2, 0) is 14.4 Å². The lowest BCUT2D eigenvalue weighted by Crippen LogP contribution is -2.30. The van der Waals surface area contributed by atoms with Gasteiger partial charge in [-0.1, -0.05) is 66.1 Å². The molecular formula is C39H31N5O5S3. The fourth-order valence-electron chi connectivity index (χ4n) is 6.79. The number of hydrogen-bond donors (Lipinski definition) is 0. The average Bonchev–Trinajstić information content (AvgIpc) is 3.76. The Morgan fingerprint density at radius 2 is 1.50 bits per heavy atom. The summed E-state index contributed by atoms with van der Waals surface area (Å²) in [5.41, 5.74) is 5.14. The molecule has 0 unspecified atom stereocenters. The second-order valence-electron chi connectivity index (χ2n) is 13.0. The van der Waals surface area contributed by atoms with Gasteiger partial charge in [0.05, 0.1) is 53.8 Å². The van der Waals surface area contributed by atoms with E-state index in [2.05, 4.69) is 4.98 Å². The predicted octanol–water partition coefficient (Wildman–Crippen LogP) is 9.46. The van der Waals surface area contributed by atoms with Gasteiger partial charge in [-0.25, -0.2) is 9.98 Å². The van der Waals surface area contributed by atoms with Crippen LogP contribution in [0.1, 0.15) is 42.4 Å². The van der Waals surface area contributed by atoms with Crippen LogP contribution in [0.4, 0.5) is 22.7 Å². The number of carbonyl (C=O) groups excluding carboxylic acids is 3.